The molecule has 0 aliphatic carbocycles. The molecule has 0 amide bonds. The van der Waals surface area contributed by atoms with Crippen LogP contribution in [0.5, 0.6) is 5.75 Å². The molecule has 2 atom stereocenters. The first-order chi connectivity index (χ1) is 9.61. The number of rotatable bonds is 3. The Bertz CT molecular complexity index is 574. The molecular weight excluding hydrogens is 276 g/mol. The number of hydrogen-bond acceptors (Lipinski definition) is 4. The van der Waals surface area contributed by atoms with Crippen LogP contribution in [0.2, 0.25) is 0 Å². The molecule has 110 valence electrons. The smallest absolute Gasteiger partial charge is 0.243 e. The van der Waals surface area contributed by atoms with E-state index in [9.17, 15) is 8.42 Å². The minimum Gasteiger partial charge on any atom is -0.497 e. The highest BCUT2D eigenvalue weighted by Gasteiger charge is 2.40. The van der Waals surface area contributed by atoms with Gasteiger partial charge in [0.05, 0.1) is 12.0 Å². The van der Waals surface area contributed by atoms with Gasteiger partial charge in [0.15, 0.2) is 0 Å². The van der Waals surface area contributed by atoms with Gasteiger partial charge >= 0.3 is 0 Å². The van der Waals surface area contributed by atoms with Crippen LogP contribution >= 0.6 is 0 Å². The Balaban J connectivity index is 1.85. The maximum absolute atomic E-state index is 12.7. The summed E-state index contributed by atoms with van der Waals surface area (Å²) in [4.78, 5) is 0.315. The van der Waals surface area contributed by atoms with Crippen LogP contribution in [0, 0.1) is 5.92 Å². The fraction of sp³-hybridized carbons (Fsp3) is 0.571. The van der Waals surface area contributed by atoms with E-state index in [4.69, 9.17) is 4.74 Å². The summed E-state index contributed by atoms with van der Waals surface area (Å²) >= 11 is 0. The summed E-state index contributed by atoms with van der Waals surface area (Å²) in [6, 6.07) is 7.00. The van der Waals surface area contributed by atoms with Gasteiger partial charge in [0.2, 0.25) is 10.0 Å². The van der Waals surface area contributed by atoms with E-state index in [2.05, 4.69) is 5.32 Å². The van der Waals surface area contributed by atoms with Crippen LogP contribution in [-0.4, -0.2) is 45.5 Å². The first-order valence-electron chi connectivity index (χ1n) is 6.99. The van der Waals surface area contributed by atoms with Crippen molar-refractivity contribution in [1.82, 2.24) is 9.62 Å². The highest BCUT2D eigenvalue weighted by Crippen LogP contribution is 2.30. The second kappa shape index (κ2) is 5.35. The Morgan fingerprint density at radius 2 is 2.20 bits per heavy atom. The van der Waals surface area contributed by atoms with Crippen molar-refractivity contribution in [2.75, 3.05) is 26.7 Å². The second-order valence-corrected chi connectivity index (χ2v) is 7.40. The van der Waals surface area contributed by atoms with Crippen LogP contribution in [0.3, 0.4) is 0 Å². The Morgan fingerprint density at radius 1 is 1.35 bits per heavy atom. The van der Waals surface area contributed by atoms with E-state index < -0.39 is 10.0 Å². The number of nitrogens with zero attached hydrogens (tertiary/aromatic N) is 1. The molecule has 5 nitrogen and oxygen atoms in total. The Kier molecular flexibility index (Phi) is 3.70. The van der Waals surface area contributed by atoms with Gasteiger partial charge in [0, 0.05) is 25.2 Å². The van der Waals surface area contributed by atoms with Crippen molar-refractivity contribution in [3.63, 3.8) is 0 Å². The van der Waals surface area contributed by atoms with Gasteiger partial charge in [0.25, 0.3) is 0 Å². The lowest BCUT2D eigenvalue weighted by Crippen LogP contribution is -2.41. The normalized spacial score (nSPS) is 27.2. The zero-order chi connectivity index (χ0) is 14.2. The van der Waals surface area contributed by atoms with Gasteiger partial charge in [-0.05, 0) is 37.4 Å². The van der Waals surface area contributed by atoms with Gasteiger partial charge in [0.1, 0.15) is 5.75 Å². The number of methoxy groups -OCH3 is 1. The lowest BCUT2D eigenvalue weighted by molar-refractivity contribution is 0.339. The molecule has 2 aliphatic rings. The third-order valence-electron chi connectivity index (χ3n) is 4.24. The lowest BCUT2D eigenvalue weighted by atomic mass is 9.94. The maximum Gasteiger partial charge on any atom is 0.243 e. The number of nitrogens with one attached hydrogen (secondary N) is 1. The maximum atomic E-state index is 12.7. The van der Waals surface area contributed by atoms with Crippen LogP contribution in [-0.2, 0) is 10.0 Å². The van der Waals surface area contributed by atoms with Crippen LogP contribution in [0.15, 0.2) is 29.2 Å². The average molecular weight is 296 g/mol. The number of benzene rings is 1. The molecule has 0 spiro atoms. The molecule has 20 heavy (non-hydrogen) atoms. The quantitative estimate of drug-likeness (QED) is 0.906. The largest absolute Gasteiger partial charge is 0.497 e. The van der Waals surface area contributed by atoms with Gasteiger partial charge in [-0.1, -0.05) is 6.07 Å². The predicted octanol–water partition coefficient (Wildman–Crippen LogP) is 1.07. The molecule has 2 heterocycles. The topological polar surface area (TPSA) is 58.6 Å². The molecule has 0 aromatic heterocycles. The first kappa shape index (κ1) is 13.9. The van der Waals surface area contributed by atoms with Crippen molar-refractivity contribution in [2.24, 2.45) is 5.92 Å². The Hall–Kier alpha value is -1.11. The number of hydrogen-bond donors (Lipinski definition) is 1. The van der Waals surface area contributed by atoms with Gasteiger partial charge in [-0.2, -0.15) is 4.31 Å². The fourth-order valence-electron chi connectivity index (χ4n) is 3.11. The third-order valence-corrected chi connectivity index (χ3v) is 6.07. The molecule has 3 rings (SSSR count). The van der Waals surface area contributed by atoms with E-state index in [0.29, 0.717) is 35.7 Å². The first-order valence-corrected chi connectivity index (χ1v) is 8.43. The number of sulfonamides is 1. The van der Waals surface area contributed by atoms with Crippen molar-refractivity contribution in [3.8, 4) is 5.75 Å². The molecular formula is C14H20N2O3S. The molecule has 0 radical (unpaired) electrons. The average Bonchev–Trinajstić information content (AvgIpc) is 2.92. The van der Waals surface area contributed by atoms with Crippen LogP contribution in [0.1, 0.15) is 12.8 Å². The van der Waals surface area contributed by atoms with Crippen molar-refractivity contribution < 1.29 is 13.2 Å². The number of ether oxygens (including phenoxy) is 1. The van der Waals surface area contributed by atoms with Crippen LogP contribution in [0.25, 0.3) is 0 Å². The summed E-state index contributed by atoms with van der Waals surface area (Å²) in [7, 11) is -1.87. The summed E-state index contributed by atoms with van der Waals surface area (Å²) < 4.78 is 32.1. The summed E-state index contributed by atoms with van der Waals surface area (Å²) in [5, 5.41) is 3.43. The highest BCUT2D eigenvalue weighted by molar-refractivity contribution is 7.89. The molecule has 6 heteroatoms. The van der Waals surface area contributed by atoms with Crippen molar-refractivity contribution in [1.29, 1.82) is 0 Å². The highest BCUT2D eigenvalue weighted by atomic mass is 32.2. The SMILES string of the molecule is COc1cccc(S(=O)(=O)N2CC3CCCNC3C2)c1. The van der Waals surface area contributed by atoms with Crippen LogP contribution < -0.4 is 10.1 Å². The standard InChI is InChI=1S/C14H20N2O3S/c1-19-12-5-2-6-13(8-12)20(17,18)16-9-11-4-3-7-15-14(11)10-16/h2,5-6,8,11,14-15H,3-4,7,9-10H2,1H3. The van der Waals surface area contributed by atoms with E-state index in [-0.39, 0.29) is 0 Å². The summed E-state index contributed by atoms with van der Waals surface area (Å²) in [6.45, 7) is 2.19. The van der Waals surface area contributed by atoms with Gasteiger partial charge in [-0.3, -0.25) is 0 Å². The van der Waals surface area contributed by atoms with E-state index in [1.165, 1.54) is 0 Å². The Morgan fingerprint density at radius 3 is 2.95 bits per heavy atom. The van der Waals surface area contributed by atoms with E-state index >= 15 is 0 Å². The van der Waals surface area contributed by atoms with E-state index in [1.807, 2.05) is 0 Å². The molecule has 1 aromatic carbocycles. The third kappa shape index (κ3) is 2.43. The number of piperidine rings is 1. The van der Waals surface area contributed by atoms with Gasteiger partial charge in [-0.15, -0.1) is 0 Å². The van der Waals surface area contributed by atoms with E-state index in [1.54, 1.807) is 35.7 Å². The summed E-state index contributed by atoms with van der Waals surface area (Å²) in [6.07, 6.45) is 2.25. The molecule has 1 N–H and O–H groups in total. The van der Waals surface area contributed by atoms with Crippen molar-refractivity contribution in [3.05, 3.63) is 24.3 Å². The number of fused-ring (bicyclic) bond motifs is 1. The van der Waals surface area contributed by atoms with E-state index in [0.717, 1.165) is 19.4 Å². The molecule has 1 aromatic rings. The van der Waals surface area contributed by atoms with Crippen molar-refractivity contribution in [2.45, 2.75) is 23.8 Å². The molecule has 2 saturated heterocycles. The zero-order valence-corrected chi connectivity index (χ0v) is 12.4. The molecule has 0 saturated carbocycles. The predicted molar refractivity (Wildman–Crippen MR) is 76.3 cm³/mol. The summed E-state index contributed by atoms with van der Waals surface area (Å²) in [5.74, 6) is 1.02. The van der Waals surface area contributed by atoms with Gasteiger partial charge < -0.3 is 10.1 Å². The molecule has 2 fully saturated rings. The van der Waals surface area contributed by atoms with Gasteiger partial charge in [-0.25, -0.2) is 8.42 Å². The summed E-state index contributed by atoms with van der Waals surface area (Å²) in [5.41, 5.74) is 0. The van der Waals surface area contributed by atoms with Crippen LogP contribution in [0.4, 0.5) is 0 Å². The molecule has 2 aliphatic heterocycles. The second-order valence-electron chi connectivity index (χ2n) is 5.46. The Labute approximate surface area is 120 Å². The monoisotopic (exact) mass is 296 g/mol. The van der Waals surface area contributed by atoms with Crippen molar-refractivity contribution >= 4 is 10.0 Å². The minimum atomic E-state index is -3.42. The fourth-order valence-corrected chi connectivity index (χ4v) is 4.67. The zero-order valence-electron chi connectivity index (χ0n) is 11.6. The minimum absolute atomic E-state index is 0.309. The lowest BCUT2D eigenvalue weighted by Gasteiger charge is -2.24. The molecule has 2 unspecified atom stereocenters. The molecule has 0 bridgehead atoms.